The van der Waals surface area contributed by atoms with E-state index in [-0.39, 0.29) is 0 Å². The van der Waals surface area contributed by atoms with Gasteiger partial charge in [-0.2, -0.15) is 5.10 Å². The minimum Gasteiger partial charge on any atom is -0.313 e. The molecule has 1 aromatic heterocycles. The first kappa shape index (κ1) is 13.1. The molecule has 4 rings (SSSR count). The second-order valence-corrected chi connectivity index (χ2v) is 6.40. The summed E-state index contributed by atoms with van der Waals surface area (Å²) in [5, 5.41) is 8.00. The van der Waals surface area contributed by atoms with E-state index in [9.17, 15) is 0 Å². The number of nitrogens with one attached hydrogen (secondary N) is 1. The zero-order valence-corrected chi connectivity index (χ0v) is 12.8. The molecule has 1 aromatic carbocycles. The van der Waals surface area contributed by atoms with Crippen molar-refractivity contribution in [1.82, 2.24) is 15.1 Å². The maximum Gasteiger partial charge on any atom is 0.0537 e. The Labute approximate surface area is 126 Å². The average Bonchev–Trinajstić information content (AvgIpc) is 3.06. The van der Waals surface area contributed by atoms with Crippen LogP contribution in [0.25, 0.3) is 0 Å². The third-order valence-corrected chi connectivity index (χ3v) is 5.42. The molecule has 4 atom stereocenters. The van der Waals surface area contributed by atoms with E-state index < -0.39 is 0 Å². The normalized spacial score (nSPS) is 27.8. The SMILES string of the molecule is CCn1cc(C(NC)C2C3CCc4ccccc4C32)cn1. The largest absolute Gasteiger partial charge is 0.313 e. The van der Waals surface area contributed by atoms with Crippen LogP contribution in [0.2, 0.25) is 0 Å². The minimum atomic E-state index is 0.437. The predicted octanol–water partition coefficient (Wildman–Crippen LogP) is 3.14. The van der Waals surface area contributed by atoms with Gasteiger partial charge in [0.1, 0.15) is 0 Å². The Balaban J connectivity index is 1.63. The first-order valence-corrected chi connectivity index (χ1v) is 8.11. The third kappa shape index (κ3) is 2.03. The summed E-state index contributed by atoms with van der Waals surface area (Å²) in [5.41, 5.74) is 4.51. The summed E-state index contributed by atoms with van der Waals surface area (Å²) in [7, 11) is 2.09. The van der Waals surface area contributed by atoms with Crippen molar-refractivity contribution in [3.8, 4) is 0 Å². The van der Waals surface area contributed by atoms with Crippen molar-refractivity contribution in [3.63, 3.8) is 0 Å². The average molecular weight is 281 g/mol. The van der Waals surface area contributed by atoms with E-state index >= 15 is 0 Å². The summed E-state index contributed by atoms with van der Waals surface area (Å²) in [6.07, 6.45) is 6.84. The number of hydrogen-bond acceptors (Lipinski definition) is 2. The first-order chi connectivity index (χ1) is 10.3. The van der Waals surface area contributed by atoms with Gasteiger partial charge in [0.25, 0.3) is 0 Å². The quantitative estimate of drug-likeness (QED) is 0.933. The second kappa shape index (κ2) is 4.99. The molecule has 1 fully saturated rings. The Morgan fingerprint density at radius 2 is 2.24 bits per heavy atom. The van der Waals surface area contributed by atoms with Gasteiger partial charge in [0.05, 0.1) is 6.20 Å². The van der Waals surface area contributed by atoms with E-state index in [4.69, 9.17) is 0 Å². The lowest BCUT2D eigenvalue weighted by Crippen LogP contribution is -2.19. The molecule has 0 amide bonds. The topological polar surface area (TPSA) is 29.9 Å². The van der Waals surface area contributed by atoms with E-state index in [2.05, 4.69) is 54.8 Å². The molecule has 1 saturated carbocycles. The van der Waals surface area contributed by atoms with Crippen molar-refractivity contribution in [3.05, 3.63) is 53.3 Å². The van der Waals surface area contributed by atoms with E-state index in [1.54, 1.807) is 11.1 Å². The molecule has 0 bridgehead atoms. The van der Waals surface area contributed by atoms with E-state index in [0.717, 1.165) is 24.3 Å². The molecule has 2 aliphatic rings. The Morgan fingerprint density at radius 3 is 3.00 bits per heavy atom. The highest BCUT2D eigenvalue weighted by Gasteiger charge is 2.56. The molecule has 1 heterocycles. The van der Waals surface area contributed by atoms with Crippen molar-refractivity contribution in [1.29, 1.82) is 0 Å². The molecule has 3 nitrogen and oxygen atoms in total. The van der Waals surface area contributed by atoms with Crippen LogP contribution in [0.3, 0.4) is 0 Å². The summed E-state index contributed by atoms with van der Waals surface area (Å²) in [5.74, 6) is 2.33. The van der Waals surface area contributed by atoms with Crippen LogP contribution in [0, 0.1) is 11.8 Å². The van der Waals surface area contributed by atoms with Crippen LogP contribution in [0.5, 0.6) is 0 Å². The molecule has 0 aliphatic heterocycles. The number of nitrogens with zero attached hydrogens (tertiary/aromatic N) is 2. The molecule has 0 spiro atoms. The fraction of sp³-hybridized carbons (Fsp3) is 0.500. The summed E-state index contributed by atoms with van der Waals surface area (Å²) in [6.45, 7) is 3.08. The van der Waals surface area contributed by atoms with Crippen molar-refractivity contribution < 1.29 is 0 Å². The molecular formula is C18H23N3. The predicted molar refractivity (Wildman–Crippen MR) is 84.2 cm³/mol. The highest BCUT2D eigenvalue weighted by molar-refractivity contribution is 5.41. The Kier molecular flexibility index (Phi) is 3.11. The summed E-state index contributed by atoms with van der Waals surface area (Å²) in [6, 6.07) is 9.46. The molecule has 2 aromatic rings. The molecule has 3 heteroatoms. The van der Waals surface area contributed by atoms with Crippen LogP contribution in [-0.2, 0) is 13.0 Å². The summed E-state index contributed by atoms with van der Waals surface area (Å²) >= 11 is 0. The van der Waals surface area contributed by atoms with Gasteiger partial charge >= 0.3 is 0 Å². The molecule has 0 radical (unpaired) electrons. The molecule has 110 valence electrons. The number of rotatable bonds is 4. The fourth-order valence-corrected chi connectivity index (χ4v) is 4.37. The summed E-state index contributed by atoms with van der Waals surface area (Å²) in [4.78, 5) is 0. The number of aromatic nitrogens is 2. The van der Waals surface area contributed by atoms with Gasteiger partial charge in [-0.25, -0.2) is 0 Å². The van der Waals surface area contributed by atoms with Crippen LogP contribution >= 0.6 is 0 Å². The first-order valence-electron chi connectivity index (χ1n) is 8.11. The van der Waals surface area contributed by atoms with Gasteiger partial charge in [-0.15, -0.1) is 0 Å². The van der Waals surface area contributed by atoms with Crippen molar-refractivity contribution >= 4 is 0 Å². The van der Waals surface area contributed by atoms with Crippen molar-refractivity contribution in [2.45, 2.75) is 38.3 Å². The number of fused-ring (bicyclic) bond motifs is 3. The van der Waals surface area contributed by atoms with Crippen molar-refractivity contribution in [2.24, 2.45) is 11.8 Å². The van der Waals surface area contributed by atoms with Gasteiger partial charge in [0.2, 0.25) is 0 Å². The smallest absolute Gasteiger partial charge is 0.0537 e. The van der Waals surface area contributed by atoms with Crippen LogP contribution in [0.15, 0.2) is 36.7 Å². The highest BCUT2D eigenvalue weighted by atomic mass is 15.3. The summed E-state index contributed by atoms with van der Waals surface area (Å²) < 4.78 is 2.03. The van der Waals surface area contributed by atoms with Gasteiger partial charge in [-0.1, -0.05) is 24.3 Å². The maximum absolute atomic E-state index is 4.45. The van der Waals surface area contributed by atoms with Gasteiger partial charge in [-0.05, 0) is 55.7 Å². The highest BCUT2D eigenvalue weighted by Crippen LogP contribution is 2.64. The fourth-order valence-electron chi connectivity index (χ4n) is 4.37. The lowest BCUT2D eigenvalue weighted by molar-refractivity contribution is 0.484. The van der Waals surface area contributed by atoms with E-state index in [1.165, 1.54) is 18.4 Å². The molecule has 21 heavy (non-hydrogen) atoms. The number of benzene rings is 1. The standard InChI is InChI=1S/C18H23N3/c1-3-21-11-13(10-20-21)18(19-2)17-15-9-8-12-6-4-5-7-14(12)16(15)17/h4-7,10-11,15-19H,3,8-9H2,1-2H3. The molecule has 2 aliphatic carbocycles. The van der Waals surface area contributed by atoms with Gasteiger partial charge in [-0.3, -0.25) is 4.68 Å². The number of aryl methyl sites for hydroxylation is 2. The van der Waals surface area contributed by atoms with E-state index in [0.29, 0.717) is 6.04 Å². The molecule has 0 saturated heterocycles. The maximum atomic E-state index is 4.45. The lowest BCUT2D eigenvalue weighted by atomic mass is 9.92. The molecular weight excluding hydrogens is 258 g/mol. The van der Waals surface area contributed by atoms with Crippen molar-refractivity contribution in [2.75, 3.05) is 7.05 Å². The number of hydrogen-bond donors (Lipinski definition) is 1. The zero-order chi connectivity index (χ0) is 14.4. The lowest BCUT2D eigenvalue weighted by Gasteiger charge is -2.15. The molecule has 1 N–H and O–H groups in total. The van der Waals surface area contributed by atoms with Crippen LogP contribution in [-0.4, -0.2) is 16.8 Å². The Morgan fingerprint density at radius 1 is 1.38 bits per heavy atom. The third-order valence-electron chi connectivity index (χ3n) is 5.42. The van der Waals surface area contributed by atoms with Crippen LogP contribution < -0.4 is 5.32 Å². The minimum absolute atomic E-state index is 0.437. The van der Waals surface area contributed by atoms with Gasteiger partial charge in [0.15, 0.2) is 0 Å². The van der Waals surface area contributed by atoms with Gasteiger partial charge in [0, 0.05) is 24.3 Å². The van der Waals surface area contributed by atoms with Crippen LogP contribution in [0.4, 0.5) is 0 Å². The van der Waals surface area contributed by atoms with E-state index in [1.807, 2.05) is 10.9 Å². The zero-order valence-electron chi connectivity index (χ0n) is 12.8. The van der Waals surface area contributed by atoms with Crippen LogP contribution in [0.1, 0.15) is 42.0 Å². The Hall–Kier alpha value is -1.61. The molecule has 4 unspecified atom stereocenters. The van der Waals surface area contributed by atoms with Gasteiger partial charge < -0.3 is 5.32 Å². The monoisotopic (exact) mass is 281 g/mol. The Bertz CT molecular complexity index is 645. The second-order valence-electron chi connectivity index (χ2n) is 6.40.